The number of amides is 1. The zero-order chi connectivity index (χ0) is 8.55. The van der Waals surface area contributed by atoms with E-state index in [2.05, 4.69) is 11.9 Å². The number of hydrogen-bond acceptors (Lipinski definition) is 2. The number of carbonyl (C=O) groups excluding carboxylic acids is 1. The predicted octanol–water partition coefficient (Wildman–Crippen LogP) is 0.323. The van der Waals surface area contributed by atoms with Gasteiger partial charge in [0.1, 0.15) is 0 Å². The number of carbonyl (C=O) groups is 1. The Balaban J connectivity index is 1.80. The average Bonchev–Trinajstić information content (AvgIpc) is 2.56. The molecule has 1 aliphatic carbocycles. The lowest BCUT2D eigenvalue weighted by Crippen LogP contribution is -2.27. The molecule has 0 spiro atoms. The van der Waals surface area contributed by atoms with E-state index in [1.807, 2.05) is 0 Å². The van der Waals surface area contributed by atoms with Crippen LogP contribution in [0.2, 0.25) is 0 Å². The zero-order valence-corrected chi connectivity index (χ0v) is 6.95. The summed E-state index contributed by atoms with van der Waals surface area (Å²) in [7, 11) is 0. The van der Waals surface area contributed by atoms with Crippen molar-refractivity contribution < 1.29 is 9.53 Å². The minimum atomic E-state index is 0.129. The number of rotatable bonds is 3. The first-order valence-electron chi connectivity index (χ1n) is 4.35. The second-order valence-corrected chi connectivity index (χ2v) is 3.35. The molecule has 3 atom stereocenters. The van der Waals surface area contributed by atoms with Gasteiger partial charge in [-0.15, -0.1) is 6.58 Å². The number of nitrogens with one attached hydrogen (secondary N) is 1. The molecule has 1 saturated heterocycles. The molecule has 0 aromatic heterocycles. The van der Waals surface area contributed by atoms with Gasteiger partial charge in [0.25, 0.3) is 0 Å². The van der Waals surface area contributed by atoms with Crippen LogP contribution in [0.1, 0.15) is 6.42 Å². The third kappa shape index (κ3) is 1.14. The quantitative estimate of drug-likeness (QED) is 0.615. The molecule has 0 aromatic rings. The Hall–Kier alpha value is -0.830. The van der Waals surface area contributed by atoms with Crippen LogP contribution >= 0.6 is 0 Å². The number of hydrogen-bond donors (Lipinski definition) is 1. The third-order valence-corrected chi connectivity index (χ3v) is 2.58. The van der Waals surface area contributed by atoms with Gasteiger partial charge in [0, 0.05) is 19.1 Å². The molecule has 2 fully saturated rings. The van der Waals surface area contributed by atoms with Gasteiger partial charge in [-0.3, -0.25) is 4.79 Å². The maximum atomic E-state index is 11.3. The molecule has 3 heteroatoms. The van der Waals surface area contributed by atoms with Crippen LogP contribution in [0.5, 0.6) is 0 Å². The Morgan fingerprint density at radius 2 is 2.58 bits per heavy atom. The van der Waals surface area contributed by atoms with Gasteiger partial charge in [-0.2, -0.15) is 0 Å². The van der Waals surface area contributed by atoms with E-state index in [0.717, 1.165) is 13.0 Å². The molecule has 1 amide bonds. The molecule has 0 bridgehead atoms. The highest BCUT2D eigenvalue weighted by molar-refractivity contribution is 5.83. The summed E-state index contributed by atoms with van der Waals surface area (Å²) in [6, 6.07) is 0. The summed E-state index contributed by atoms with van der Waals surface area (Å²) in [5, 5.41) is 2.79. The van der Waals surface area contributed by atoms with Crippen molar-refractivity contribution in [3.05, 3.63) is 12.7 Å². The number of ether oxygens (including phenoxy) is 1. The lowest BCUT2D eigenvalue weighted by atomic mass is 10.2. The van der Waals surface area contributed by atoms with E-state index in [4.69, 9.17) is 4.74 Å². The highest BCUT2D eigenvalue weighted by atomic mass is 16.5. The fourth-order valence-corrected chi connectivity index (χ4v) is 1.89. The second-order valence-electron chi connectivity index (χ2n) is 3.35. The largest absolute Gasteiger partial charge is 0.377 e. The molecule has 3 nitrogen and oxygen atoms in total. The van der Waals surface area contributed by atoms with E-state index >= 15 is 0 Å². The molecule has 3 unspecified atom stereocenters. The van der Waals surface area contributed by atoms with Gasteiger partial charge in [-0.25, -0.2) is 0 Å². The summed E-state index contributed by atoms with van der Waals surface area (Å²) in [4.78, 5) is 11.3. The zero-order valence-electron chi connectivity index (χ0n) is 6.95. The Kier molecular flexibility index (Phi) is 1.89. The Morgan fingerprint density at radius 1 is 1.75 bits per heavy atom. The monoisotopic (exact) mass is 167 g/mol. The summed E-state index contributed by atoms with van der Waals surface area (Å²) >= 11 is 0. The summed E-state index contributed by atoms with van der Waals surface area (Å²) in [5.74, 6) is 0.776. The highest BCUT2D eigenvalue weighted by Crippen LogP contribution is 2.48. The second kappa shape index (κ2) is 2.90. The first-order chi connectivity index (χ1) is 5.84. The molecule has 2 aliphatic rings. The van der Waals surface area contributed by atoms with E-state index in [1.165, 1.54) is 0 Å². The van der Waals surface area contributed by atoms with Crippen LogP contribution in [-0.4, -0.2) is 25.2 Å². The van der Waals surface area contributed by atoms with Crippen LogP contribution in [0.15, 0.2) is 12.7 Å². The van der Waals surface area contributed by atoms with Crippen LogP contribution in [0.25, 0.3) is 0 Å². The van der Waals surface area contributed by atoms with Crippen molar-refractivity contribution >= 4 is 5.91 Å². The SMILES string of the molecule is C=CCNC(=O)C1C2CCOC21. The molecular formula is C9H13NO2. The maximum Gasteiger partial charge on any atom is 0.226 e. The molecule has 1 aliphatic heterocycles. The molecule has 12 heavy (non-hydrogen) atoms. The van der Waals surface area contributed by atoms with Crippen molar-refractivity contribution in [2.24, 2.45) is 11.8 Å². The van der Waals surface area contributed by atoms with Gasteiger partial charge >= 0.3 is 0 Å². The normalized spacial score (nSPS) is 37.2. The summed E-state index contributed by atoms with van der Waals surface area (Å²) < 4.78 is 5.35. The van der Waals surface area contributed by atoms with Gasteiger partial charge in [-0.1, -0.05) is 6.08 Å². The van der Waals surface area contributed by atoms with Crippen molar-refractivity contribution in [3.63, 3.8) is 0 Å². The topological polar surface area (TPSA) is 38.3 Å². The third-order valence-electron chi connectivity index (χ3n) is 2.58. The minimum absolute atomic E-state index is 0.129. The molecule has 1 N–H and O–H groups in total. The summed E-state index contributed by atoms with van der Waals surface area (Å²) in [6.07, 6.45) is 2.98. The van der Waals surface area contributed by atoms with Crippen molar-refractivity contribution in [3.8, 4) is 0 Å². The van der Waals surface area contributed by atoms with Crippen molar-refractivity contribution in [2.45, 2.75) is 12.5 Å². The van der Waals surface area contributed by atoms with E-state index in [9.17, 15) is 4.79 Å². The molecule has 2 rings (SSSR count). The lowest BCUT2D eigenvalue weighted by molar-refractivity contribution is -0.123. The van der Waals surface area contributed by atoms with Crippen LogP contribution in [0, 0.1) is 11.8 Å². The Morgan fingerprint density at radius 3 is 3.17 bits per heavy atom. The molecular weight excluding hydrogens is 154 g/mol. The van der Waals surface area contributed by atoms with Crippen LogP contribution in [0.4, 0.5) is 0 Å². The van der Waals surface area contributed by atoms with E-state index in [1.54, 1.807) is 6.08 Å². The predicted molar refractivity (Wildman–Crippen MR) is 44.5 cm³/mol. The molecule has 0 radical (unpaired) electrons. The Labute approximate surface area is 71.8 Å². The first kappa shape index (κ1) is 7.80. The molecule has 66 valence electrons. The minimum Gasteiger partial charge on any atom is -0.377 e. The maximum absolute atomic E-state index is 11.3. The van der Waals surface area contributed by atoms with Crippen molar-refractivity contribution in [1.29, 1.82) is 0 Å². The van der Waals surface area contributed by atoms with E-state index in [0.29, 0.717) is 12.5 Å². The van der Waals surface area contributed by atoms with Crippen LogP contribution in [0.3, 0.4) is 0 Å². The van der Waals surface area contributed by atoms with Crippen LogP contribution < -0.4 is 5.32 Å². The summed E-state index contributed by atoms with van der Waals surface area (Å²) in [6.45, 7) is 4.94. The fraction of sp³-hybridized carbons (Fsp3) is 0.667. The van der Waals surface area contributed by atoms with E-state index in [-0.39, 0.29) is 17.9 Å². The van der Waals surface area contributed by atoms with Gasteiger partial charge in [0.15, 0.2) is 0 Å². The first-order valence-corrected chi connectivity index (χ1v) is 4.35. The highest BCUT2D eigenvalue weighted by Gasteiger charge is 2.58. The van der Waals surface area contributed by atoms with Gasteiger partial charge in [0.05, 0.1) is 12.0 Å². The summed E-state index contributed by atoms with van der Waals surface area (Å²) in [5.41, 5.74) is 0. The number of fused-ring (bicyclic) bond motifs is 1. The van der Waals surface area contributed by atoms with Crippen molar-refractivity contribution in [2.75, 3.05) is 13.2 Å². The molecule has 1 heterocycles. The van der Waals surface area contributed by atoms with Gasteiger partial charge in [0.2, 0.25) is 5.91 Å². The standard InChI is InChI=1S/C9H13NO2/c1-2-4-10-9(11)7-6-3-5-12-8(6)7/h2,6-8H,1,3-5H2,(H,10,11). The average molecular weight is 167 g/mol. The van der Waals surface area contributed by atoms with Crippen LogP contribution in [-0.2, 0) is 9.53 Å². The smallest absolute Gasteiger partial charge is 0.226 e. The van der Waals surface area contributed by atoms with Gasteiger partial charge < -0.3 is 10.1 Å². The van der Waals surface area contributed by atoms with E-state index < -0.39 is 0 Å². The Bertz CT molecular complexity index is 205. The molecule has 0 aromatic carbocycles. The fourth-order valence-electron chi connectivity index (χ4n) is 1.89. The lowest BCUT2D eigenvalue weighted by Gasteiger charge is -2.03. The van der Waals surface area contributed by atoms with Gasteiger partial charge in [-0.05, 0) is 6.42 Å². The molecule has 1 saturated carbocycles. The van der Waals surface area contributed by atoms with Crippen molar-refractivity contribution in [1.82, 2.24) is 5.32 Å².